The van der Waals surface area contributed by atoms with Crippen molar-refractivity contribution in [1.29, 1.82) is 0 Å². The average molecular weight is 181 g/mol. The summed E-state index contributed by atoms with van der Waals surface area (Å²) in [6.45, 7) is 5.87. The van der Waals surface area contributed by atoms with Gasteiger partial charge in [-0.3, -0.25) is 0 Å². The molecule has 0 bridgehead atoms. The van der Waals surface area contributed by atoms with Crippen molar-refractivity contribution in [1.82, 2.24) is 9.55 Å². The van der Waals surface area contributed by atoms with Gasteiger partial charge in [0.1, 0.15) is 6.20 Å². The number of hydrogen-bond acceptors (Lipinski definition) is 3. The number of aryl methyl sites for hydroxylation is 1. The van der Waals surface area contributed by atoms with Crippen LogP contribution >= 0.6 is 0 Å². The first-order valence-corrected chi connectivity index (χ1v) is 3.94. The van der Waals surface area contributed by atoms with E-state index in [0.717, 1.165) is 0 Å². The van der Waals surface area contributed by atoms with E-state index in [2.05, 4.69) is 11.6 Å². The van der Waals surface area contributed by atoms with E-state index in [1.165, 1.54) is 6.20 Å². The standard InChI is InChI=1S/C8H11N3O2/c1-3-4-5-10-7(2)9-6-8(10)11(12)13/h3,6H,1,4-5H2,2H3. The molecule has 5 heteroatoms. The lowest BCUT2D eigenvalue weighted by Crippen LogP contribution is -2.04. The number of rotatable bonds is 4. The Balaban J connectivity index is 2.94. The maximum Gasteiger partial charge on any atom is 0.342 e. The topological polar surface area (TPSA) is 61.0 Å². The molecule has 0 radical (unpaired) electrons. The molecular formula is C8H11N3O2. The highest BCUT2D eigenvalue weighted by Crippen LogP contribution is 2.13. The van der Waals surface area contributed by atoms with Gasteiger partial charge >= 0.3 is 5.82 Å². The van der Waals surface area contributed by atoms with E-state index >= 15 is 0 Å². The van der Waals surface area contributed by atoms with Gasteiger partial charge < -0.3 is 10.1 Å². The molecule has 0 aliphatic carbocycles. The second kappa shape index (κ2) is 3.84. The molecule has 0 amide bonds. The molecule has 0 fully saturated rings. The van der Waals surface area contributed by atoms with Gasteiger partial charge in [0, 0.05) is 13.3 Å². The lowest BCUT2D eigenvalue weighted by molar-refractivity contribution is -0.392. The smallest absolute Gasteiger partial charge is 0.342 e. The Morgan fingerprint density at radius 2 is 2.54 bits per heavy atom. The van der Waals surface area contributed by atoms with E-state index in [9.17, 15) is 10.1 Å². The minimum atomic E-state index is -0.427. The Bertz CT molecular complexity index is 330. The SMILES string of the molecule is C=CCCn1c([N+](=O)[O-])cnc1C. The fraction of sp³-hybridized carbons (Fsp3) is 0.375. The molecule has 70 valence electrons. The molecule has 0 saturated heterocycles. The molecule has 0 aliphatic rings. The van der Waals surface area contributed by atoms with E-state index in [-0.39, 0.29) is 5.82 Å². The van der Waals surface area contributed by atoms with Gasteiger partial charge in [-0.25, -0.2) is 9.55 Å². The molecule has 0 unspecified atom stereocenters. The monoisotopic (exact) mass is 181 g/mol. The van der Waals surface area contributed by atoms with Gasteiger partial charge in [-0.05, 0) is 4.92 Å². The highest BCUT2D eigenvalue weighted by molar-refractivity contribution is 5.18. The average Bonchev–Trinajstić information content (AvgIpc) is 2.43. The van der Waals surface area contributed by atoms with Gasteiger partial charge in [-0.15, -0.1) is 6.58 Å². The van der Waals surface area contributed by atoms with Gasteiger partial charge in [0.2, 0.25) is 0 Å². The van der Waals surface area contributed by atoms with Crippen molar-refractivity contribution in [2.75, 3.05) is 0 Å². The second-order valence-corrected chi connectivity index (χ2v) is 2.65. The predicted octanol–water partition coefficient (Wildman–Crippen LogP) is 1.68. The van der Waals surface area contributed by atoms with Crippen molar-refractivity contribution in [3.63, 3.8) is 0 Å². The van der Waals surface area contributed by atoms with Crippen molar-refractivity contribution < 1.29 is 4.92 Å². The van der Waals surface area contributed by atoms with Crippen molar-refractivity contribution in [2.24, 2.45) is 0 Å². The van der Waals surface area contributed by atoms with Crippen molar-refractivity contribution in [3.05, 3.63) is 34.8 Å². The molecule has 5 nitrogen and oxygen atoms in total. The third kappa shape index (κ3) is 1.93. The molecule has 0 saturated carbocycles. The summed E-state index contributed by atoms with van der Waals surface area (Å²) in [6.07, 6.45) is 3.71. The first-order valence-electron chi connectivity index (χ1n) is 3.94. The van der Waals surface area contributed by atoms with E-state index < -0.39 is 4.92 Å². The largest absolute Gasteiger partial charge is 0.358 e. The number of allylic oxidation sites excluding steroid dienone is 1. The molecule has 0 N–H and O–H groups in total. The van der Waals surface area contributed by atoms with E-state index in [0.29, 0.717) is 18.8 Å². The number of aromatic nitrogens is 2. The van der Waals surface area contributed by atoms with Crippen LogP contribution in [0.4, 0.5) is 5.82 Å². The zero-order valence-corrected chi connectivity index (χ0v) is 7.43. The lowest BCUT2D eigenvalue weighted by atomic mass is 10.4. The summed E-state index contributed by atoms with van der Waals surface area (Å²) in [6, 6.07) is 0. The molecule has 1 aromatic heterocycles. The Hall–Kier alpha value is -1.65. The van der Waals surface area contributed by atoms with Crippen molar-refractivity contribution >= 4 is 5.82 Å². The van der Waals surface area contributed by atoms with Gasteiger partial charge in [0.05, 0.1) is 6.54 Å². The van der Waals surface area contributed by atoms with Crippen molar-refractivity contribution in [2.45, 2.75) is 19.9 Å². The number of imidazole rings is 1. The second-order valence-electron chi connectivity index (χ2n) is 2.65. The summed E-state index contributed by atoms with van der Waals surface area (Å²) < 4.78 is 1.57. The quantitative estimate of drug-likeness (QED) is 0.403. The predicted molar refractivity (Wildman–Crippen MR) is 48.4 cm³/mol. The third-order valence-electron chi connectivity index (χ3n) is 1.78. The molecule has 1 heterocycles. The van der Waals surface area contributed by atoms with Crippen LogP contribution in [0.1, 0.15) is 12.2 Å². The fourth-order valence-corrected chi connectivity index (χ4v) is 1.10. The van der Waals surface area contributed by atoms with E-state index in [4.69, 9.17) is 0 Å². The van der Waals surface area contributed by atoms with E-state index in [1.54, 1.807) is 17.6 Å². The lowest BCUT2D eigenvalue weighted by Gasteiger charge is -1.99. The van der Waals surface area contributed by atoms with Crippen LogP contribution in [0.2, 0.25) is 0 Å². The molecule has 1 rings (SSSR count). The minimum absolute atomic E-state index is 0.0411. The molecule has 1 aromatic rings. The number of nitrogens with zero attached hydrogens (tertiary/aromatic N) is 3. The van der Waals surface area contributed by atoms with Gasteiger partial charge in [0.15, 0.2) is 5.82 Å². The first-order chi connectivity index (χ1) is 6.16. The zero-order valence-electron chi connectivity index (χ0n) is 7.43. The first kappa shape index (κ1) is 9.44. The maximum atomic E-state index is 10.5. The Kier molecular flexibility index (Phi) is 2.79. The van der Waals surface area contributed by atoms with Crippen LogP contribution in [0.5, 0.6) is 0 Å². The van der Waals surface area contributed by atoms with Crippen LogP contribution in [0.25, 0.3) is 0 Å². The Morgan fingerprint density at radius 1 is 1.85 bits per heavy atom. The minimum Gasteiger partial charge on any atom is -0.358 e. The highest BCUT2D eigenvalue weighted by atomic mass is 16.6. The number of nitro groups is 1. The molecule has 0 spiro atoms. The molecule has 0 aliphatic heterocycles. The summed E-state index contributed by atoms with van der Waals surface area (Å²) in [5.41, 5.74) is 0. The molecule has 0 aromatic carbocycles. The zero-order chi connectivity index (χ0) is 9.84. The molecule has 13 heavy (non-hydrogen) atoms. The van der Waals surface area contributed by atoms with Crippen LogP contribution in [0, 0.1) is 17.0 Å². The van der Waals surface area contributed by atoms with Gasteiger partial charge in [-0.1, -0.05) is 6.08 Å². The number of hydrogen-bond donors (Lipinski definition) is 0. The van der Waals surface area contributed by atoms with Crippen LogP contribution in [-0.4, -0.2) is 14.5 Å². The van der Waals surface area contributed by atoms with Crippen LogP contribution in [0.15, 0.2) is 18.9 Å². The highest BCUT2D eigenvalue weighted by Gasteiger charge is 2.15. The van der Waals surface area contributed by atoms with Crippen LogP contribution in [-0.2, 0) is 6.54 Å². The summed E-state index contributed by atoms with van der Waals surface area (Å²) in [4.78, 5) is 14.0. The summed E-state index contributed by atoms with van der Waals surface area (Å²) >= 11 is 0. The summed E-state index contributed by atoms with van der Waals surface area (Å²) in [5, 5.41) is 10.5. The maximum absolute atomic E-state index is 10.5. The summed E-state index contributed by atoms with van der Waals surface area (Å²) in [7, 11) is 0. The fourth-order valence-electron chi connectivity index (χ4n) is 1.10. The summed E-state index contributed by atoms with van der Waals surface area (Å²) in [5.74, 6) is 0.702. The normalized spacial score (nSPS) is 9.92. The Morgan fingerprint density at radius 3 is 3.08 bits per heavy atom. The Labute approximate surface area is 75.9 Å². The van der Waals surface area contributed by atoms with E-state index in [1.807, 2.05) is 0 Å². The molecular weight excluding hydrogens is 170 g/mol. The molecule has 0 atom stereocenters. The van der Waals surface area contributed by atoms with Gasteiger partial charge in [0.25, 0.3) is 0 Å². The van der Waals surface area contributed by atoms with Gasteiger partial charge in [-0.2, -0.15) is 0 Å². The van der Waals surface area contributed by atoms with Crippen LogP contribution in [0.3, 0.4) is 0 Å². The van der Waals surface area contributed by atoms with Crippen molar-refractivity contribution in [3.8, 4) is 0 Å². The van der Waals surface area contributed by atoms with Crippen LogP contribution < -0.4 is 0 Å². The third-order valence-corrected chi connectivity index (χ3v) is 1.78.